The minimum absolute atomic E-state index is 0.0619. The number of nitrogens with two attached hydrogens (primary N) is 1. The van der Waals surface area contributed by atoms with Gasteiger partial charge in [-0.25, -0.2) is 0 Å². The summed E-state index contributed by atoms with van der Waals surface area (Å²) in [5.41, 5.74) is 6.41. The lowest BCUT2D eigenvalue weighted by molar-refractivity contribution is 0.409. The lowest BCUT2D eigenvalue weighted by Gasteiger charge is -2.15. The number of hydrogen-bond acceptors (Lipinski definition) is 6. The van der Waals surface area contributed by atoms with Crippen LogP contribution in [0.25, 0.3) is 0 Å². The van der Waals surface area contributed by atoms with Gasteiger partial charge in [0, 0.05) is 12.6 Å². The van der Waals surface area contributed by atoms with Crippen molar-refractivity contribution in [2.45, 2.75) is 6.54 Å². The molecule has 6 nitrogen and oxygen atoms in total. The van der Waals surface area contributed by atoms with Crippen molar-refractivity contribution in [2.24, 2.45) is 0 Å². The second-order valence-corrected chi connectivity index (χ2v) is 3.59. The number of rotatable bonds is 4. The number of anilines is 2. The molecule has 1 heterocycles. The number of benzene rings is 1. The highest BCUT2D eigenvalue weighted by atomic mass is 16.5. The molecule has 90 valence electrons. The van der Waals surface area contributed by atoms with Gasteiger partial charge in [0.2, 0.25) is 0 Å². The number of methoxy groups -OCH3 is 1. The predicted molar refractivity (Wildman–Crippen MR) is 63.8 cm³/mol. The average Bonchev–Trinajstić information content (AvgIpc) is 2.77. The zero-order chi connectivity index (χ0) is 12.3. The monoisotopic (exact) mass is 234 g/mol. The van der Waals surface area contributed by atoms with Crippen molar-refractivity contribution in [3.8, 4) is 5.75 Å². The molecule has 0 aliphatic carbocycles. The summed E-state index contributed by atoms with van der Waals surface area (Å²) in [5, 5.41) is 7.42. The largest absolute Gasteiger partial charge is 0.496 e. The average molecular weight is 234 g/mol. The van der Waals surface area contributed by atoms with E-state index in [0.29, 0.717) is 12.6 Å². The van der Waals surface area contributed by atoms with E-state index >= 15 is 0 Å². The second-order valence-electron chi connectivity index (χ2n) is 3.59. The molecule has 0 atom stereocenters. The smallest absolute Gasteiger partial charge is 0.319 e. The number of nitrogens with zero attached hydrogens (tertiary/aromatic N) is 3. The molecule has 0 radical (unpaired) electrons. The van der Waals surface area contributed by atoms with Crippen molar-refractivity contribution in [1.82, 2.24) is 10.2 Å². The Kier molecular flexibility index (Phi) is 3.13. The first-order valence-corrected chi connectivity index (χ1v) is 5.12. The van der Waals surface area contributed by atoms with Crippen LogP contribution >= 0.6 is 0 Å². The van der Waals surface area contributed by atoms with Crippen molar-refractivity contribution in [2.75, 3.05) is 24.8 Å². The maximum absolute atomic E-state index is 5.37. The van der Waals surface area contributed by atoms with E-state index in [2.05, 4.69) is 10.2 Å². The quantitative estimate of drug-likeness (QED) is 0.859. The molecule has 0 amide bonds. The van der Waals surface area contributed by atoms with Crippen LogP contribution in [0.5, 0.6) is 5.75 Å². The fourth-order valence-electron chi connectivity index (χ4n) is 1.54. The predicted octanol–water partition coefficient (Wildman–Crippen LogP) is 1.30. The molecule has 6 heteroatoms. The zero-order valence-corrected chi connectivity index (χ0v) is 9.75. The van der Waals surface area contributed by atoms with Crippen molar-refractivity contribution >= 4 is 12.0 Å². The molecule has 1 aromatic heterocycles. The highest BCUT2D eigenvalue weighted by Crippen LogP contribution is 2.21. The zero-order valence-electron chi connectivity index (χ0n) is 9.75. The fourth-order valence-corrected chi connectivity index (χ4v) is 1.54. The molecule has 0 saturated heterocycles. The first kappa shape index (κ1) is 11.3. The fraction of sp³-hybridized carbons (Fsp3) is 0.273. The highest BCUT2D eigenvalue weighted by Gasteiger charge is 2.11. The van der Waals surface area contributed by atoms with Gasteiger partial charge in [-0.3, -0.25) is 0 Å². The molecule has 2 N–H and O–H groups in total. The Morgan fingerprint density at radius 1 is 1.35 bits per heavy atom. The third kappa shape index (κ3) is 2.47. The first-order valence-electron chi connectivity index (χ1n) is 5.12. The number of aromatic nitrogens is 2. The topological polar surface area (TPSA) is 77.4 Å². The summed E-state index contributed by atoms with van der Waals surface area (Å²) in [6.45, 7) is 0.603. The van der Waals surface area contributed by atoms with Gasteiger partial charge in [0.25, 0.3) is 0 Å². The minimum Gasteiger partial charge on any atom is -0.496 e. The lowest BCUT2D eigenvalue weighted by atomic mass is 10.2. The molecule has 0 aliphatic rings. The first-order chi connectivity index (χ1) is 8.20. The van der Waals surface area contributed by atoms with E-state index in [1.54, 1.807) is 12.0 Å². The third-order valence-corrected chi connectivity index (χ3v) is 2.36. The number of para-hydroxylation sites is 1. The number of ether oxygens (including phenoxy) is 1. The van der Waals surface area contributed by atoms with Crippen LogP contribution in [0.2, 0.25) is 0 Å². The molecule has 0 aliphatic heterocycles. The number of hydrogen-bond donors (Lipinski definition) is 1. The number of nitrogen functional groups attached to an aromatic ring is 1. The summed E-state index contributed by atoms with van der Waals surface area (Å²) >= 11 is 0. The molecule has 0 fully saturated rings. The Morgan fingerprint density at radius 2 is 2.12 bits per heavy atom. The van der Waals surface area contributed by atoms with Crippen LogP contribution in [0, 0.1) is 0 Å². The molecule has 0 bridgehead atoms. The summed E-state index contributed by atoms with van der Waals surface area (Å²) in [7, 11) is 3.49. The van der Waals surface area contributed by atoms with Gasteiger partial charge < -0.3 is 19.8 Å². The molecule has 2 rings (SSSR count). The molecule has 2 aromatic rings. The van der Waals surface area contributed by atoms with Gasteiger partial charge in [-0.1, -0.05) is 28.4 Å². The van der Waals surface area contributed by atoms with E-state index in [1.807, 2.05) is 31.3 Å². The molecule has 0 saturated carbocycles. The molecule has 17 heavy (non-hydrogen) atoms. The molecular formula is C11H14N4O2. The van der Waals surface area contributed by atoms with Crippen molar-refractivity contribution in [3.05, 3.63) is 29.8 Å². The summed E-state index contributed by atoms with van der Waals surface area (Å²) < 4.78 is 10.4. The standard InChI is InChI=1S/C11H14N4O2/c1-15(11-14-13-10(12)17-11)7-8-5-3-4-6-9(8)16-2/h3-6H,7H2,1-2H3,(H2,12,13). The molecular weight excluding hydrogens is 220 g/mol. The van der Waals surface area contributed by atoms with Crippen LogP contribution in [0.4, 0.5) is 12.0 Å². The van der Waals surface area contributed by atoms with E-state index in [1.165, 1.54) is 0 Å². The summed E-state index contributed by atoms with van der Waals surface area (Å²) in [4.78, 5) is 1.81. The van der Waals surface area contributed by atoms with Crippen LogP contribution in [0.1, 0.15) is 5.56 Å². The molecule has 1 aromatic carbocycles. The SMILES string of the molecule is COc1ccccc1CN(C)c1nnc(N)o1. The highest BCUT2D eigenvalue weighted by molar-refractivity contribution is 5.37. The Bertz CT molecular complexity index is 498. The van der Waals surface area contributed by atoms with Crippen molar-refractivity contribution < 1.29 is 9.15 Å². The van der Waals surface area contributed by atoms with Crippen molar-refractivity contribution in [3.63, 3.8) is 0 Å². The van der Waals surface area contributed by atoms with Crippen LogP contribution < -0.4 is 15.4 Å². The van der Waals surface area contributed by atoms with Gasteiger partial charge in [-0.2, -0.15) is 0 Å². The van der Waals surface area contributed by atoms with Gasteiger partial charge in [0.15, 0.2) is 0 Å². The second kappa shape index (κ2) is 4.73. The maximum atomic E-state index is 5.37. The van der Waals surface area contributed by atoms with E-state index < -0.39 is 0 Å². The van der Waals surface area contributed by atoms with Gasteiger partial charge in [-0.05, 0) is 6.07 Å². The third-order valence-electron chi connectivity index (χ3n) is 2.36. The Morgan fingerprint density at radius 3 is 2.76 bits per heavy atom. The van der Waals surface area contributed by atoms with Gasteiger partial charge in [0.1, 0.15) is 5.75 Å². The normalized spacial score (nSPS) is 10.2. The van der Waals surface area contributed by atoms with E-state index in [9.17, 15) is 0 Å². The van der Waals surface area contributed by atoms with Crippen LogP contribution in [0.3, 0.4) is 0 Å². The summed E-state index contributed by atoms with van der Waals surface area (Å²) in [6.07, 6.45) is 0. The molecule has 0 unspecified atom stereocenters. The van der Waals surface area contributed by atoms with E-state index in [0.717, 1.165) is 11.3 Å². The summed E-state index contributed by atoms with van der Waals surface area (Å²) in [5.74, 6) is 0.826. The van der Waals surface area contributed by atoms with E-state index in [-0.39, 0.29) is 6.01 Å². The van der Waals surface area contributed by atoms with Gasteiger partial charge >= 0.3 is 12.0 Å². The van der Waals surface area contributed by atoms with Crippen LogP contribution in [-0.4, -0.2) is 24.4 Å². The molecule has 0 spiro atoms. The Hall–Kier alpha value is -2.24. The maximum Gasteiger partial charge on any atom is 0.319 e. The Balaban J connectivity index is 2.15. The lowest BCUT2D eigenvalue weighted by Crippen LogP contribution is -2.17. The van der Waals surface area contributed by atoms with Crippen LogP contribution in [-0.2, 0) is 6.54 Å². The minimum atomic E-state index is 0.0619. The Labute approximate surface area is 99.0 Å². The van der Waals surface area contributed by atoms with E-state index in [4.69, 9.17) is 14.9 Å². The summed E-state index contributed by atoms with van der Waals surface area (Å²) in [6, 6.07) is 8.21. The van der Waals surface area contributed by atoms with Crippen LogP contribution in [0.15, 0.2) is 28.7 Å². The van der Waals surface area contributed by atoms with Gasteiger partial charge in [0.05, 0.1) is 13.7 Å². The van der Waals surface area contributed by atoms with Gasteiger partial charge in [-0.15, -0.1) is 0 Å². The van der Waals surface area contributed by atoms with Crippen molar-refractivity contribution in [1.29, 1.82) is 0 Å².